The Labute approximate surface area is 126 Å². The highest BCUT2D eigenvalue weighted by Crippen LogP contribution is 2.10. The van der Waals surface area contributed by atoms with E-state index in [2.05, 4.69) is 19.1 Å². The van der Waals surface area contributed by atoms with E-state index in [9.17, 15) is 4.79 Å². The van der Waals surface area contributed by atoms with Gasteiger partial charge in [0.2, 0.25) is 0 Å². The maximum atomic E-state index is 11.1. The second kappa shape index (κ2) is 16.3. The Bertz CT molecular complexity index is 234. The van der Waals surface area contributed by atoms with Crippen molar-refractivity contribution >= 4 is 5.97 Å². The topological polar surface area (TPSA) is 26.3 Å². The number of esters is 1. The highest BCUT2D eigenvalue weighted by atomic mass is 16.5. The largest absolute Gasteiger partial charge is 0.466 e. The van der Waals surface area contributed by atoms with Crippen LogP contribution in [0, 0.1) is 0 Å². The molecule has 0 aromatic carbocycles. The lowest BCUT2D eigenvalue weighted by Crippen LogP contribution is -2.02. The van der Waals surface area contributed by atoms with Crippen molar-refractivity contribution in [3.8, 4) is 0 Å². The maximum absolute atomic E-state index is 11.1. The summed E-state index contributed by atoms with van der Waals surface area (Å²) in [5.74, 6) is -0.0658. The lowest BCUT2D eigenvalue weighted by molar-refractivity contribution is -0.143. The first kappa shape index (κ1) is 19.2. The average molecular weight is 282 g/mol. The summed E-state index contributed by atoms with van der Waals surface area (Å²) >= 11 is 0. The summed E-state index contributed by atoms with van der Waals surface area (Å²) in [4.78, 5) is 11.1. The van der Waals surface area contributed by atoms with Crippen LogP contribution in [0.5, 0.6) is 0 Å². The molecule has 0 amide bonds. The number of carbonyl (C=O) groups is 1. The summed E-state index contributed by atoms with van der Waals surface area (Å²) in [6, 6.07) is 0. The molecule has 0 spiro atoms. The van der Waals surface area contributed by atoms with Gasteiger partial charge in [-0.2, -0.15) is 0 Å². The van der Waals surface area contributed by atoms with E-state index in [-0.39, 0.29) is 5.97 Å². The first-order valence-corrected chi connectivity index (χ1v) is 8.61. The van der Waals surface area contributed by atoms with Gasteiger partial charge >= 0.3 is 5.97 Å². The fourth-order valence-corrected chi connectivity index (χ4v) is 2.23. The van der Waals surface area contributed by atoms with Gasteiger partial charge < -0.3 is 4.74 Å². The molecule has 0 saturated heterocycles. The van der Waals surface area contributed by atoms with Crippen LogP contribution in [0.4, 0.5) is 0 Å². The Morgan fingerprint density at radius 2 is 1.35 bits per heavy atom. The zero-order chi connectivity index (χ0) is 14.9. The predicted octanol–water partition coefficient (Wildman–Crippen LogP) is 5.81. The second-order valence-electron chi connectivity index (χ2n) is 5.43. The van der Waals surface area contributed by atoms with Gasteiger partial charge in [0.25, 0.3) is 0 Å². The van der Waals surface area contributed by atoms with Gasteiger partial charge in [-0.1, -0.05) is 64.0 Å². The first-order valence-electron chi connectivity index (χ1n) is 8.61. The zero-order valence-corrected chi connectivity index (χ0v) is 13.7. The molecule has 0 aliphatic rings. The number of hydrogen-bond donors (Lipinski definition) is 0. The first-order chi connectivity index (χ1) is 9.81. The van der Waals surface area contributed by atoms with Gasteiger partial charge in [0.05, 0.1) is 6.61 Å². The molecular formula is C18H34O2. The summed E-state index contributed by atoms with van der Waals surface area (Å²) in [5.41, 5.74) is 0. The number of unbranched alkanes of at least 4 members (excludes halogenated alkanes) is 9. The molecule has 0 heterocycles. The van der Waals surface area contributed by atoms with E-state index in [0.29, 0.717) is 13.0 Å². The number of ether oxygens (including phenoxy) is 1. The third-order valence-corrected chi connectivity index (χ3v) is 3.45. The van der Waals surface area contributed by atoms with Crippen LogP contribution in [0.2, 0.25) is 0 Å². The molecule has 0 aromatic heterocycles. The van der Waals surface area contributed by atoms with Crippen molar-refractivity contribution in [3.63, 3.8) is 0 Å². The number of rotatable bonds is 14. The van der Waals surface area contributed by atoms with E-state index >= 15 is 0 Å². The van der Waals surface area contributed by atoms with Crippen LogP contribution in [-0.4, -0.2) is 12.6 Å². The van der Waals surface area contributed by atoms with Crippen LogP contribution in [0.1, 0.15) is 90.9 Å². The highest BCUT2D eigenvalue weighted by Gasteiger charge is 1.98. The summed E-state index contributed by atoms with van der Waals surface area (Å²) < 4.78 is 4.89. The molecule has 0 bridgehead atoms. The van der Waals surface area contributed by atoms with Gasteiger partial charge in [0.15, 0.2) is 0 Å². The maximum Gasteiger partial charge on any atom is 0.305 e. The minimum Gasteiger partial charge on any atom is -0.466 e. The Morgan fingerprint density at radius 3 is 1.95 bits per heavy atom. The van der Waals surface area contributed by atoms with Crippen LogP contribution in [0.25, 0.3) is 0 Å². The van der Waals surface area contributed by atoms with Gasteiger partial charge in [-0.05, 0) is 32.6 Å². The lowest BCUT2D eigenvalue weighted by atomic mass is 10.1. The molecule has 2 nitrogen and oxygen atoms in total. The SMILES string of the molecule is CCCCCCCCCCC=CCCCC(=O)OCC. The lowest BCUT2D eigenvalue weighted by Gasteiger charge is -2.00. The highest BCUT2D eigenvalue weighted by molar-refractivity contribution is 5.69. The quantitative estimate of drug-likeness (QED) is 0.228. The molecule has 0 radical (unpaired) electrons. The van der Waals surface area contributed by atoms with Gasteiger partial charge in [0, 0.05) is 6.42 Å². The van der Waals surface area contributed by atoms with E-state index in [1.54, 1.807) is 0 Å². The van der Waals surface area contributed by atoms with Crippen molar-refractivity contribution in [2.45, 2.75) is 90.9 Å². The van der Waals surface area contributed by atoms with Crippen LogP contribution < -0.4 is 0 Å². The molecule has 0 N–H and O–H groups in total. The minimum atomic E-state index is -0.0658. The minimum absolute atomic E-state index is 0.0658. The van der Waals surface area contributed by atoms with Crippen molar-refractivity contribution in [1.82, 2.24) is 0 Å². The Balaban J connectivity index is 3.14. The molecule has 0 atom stereocenters. The average Bonchev–Trinajstić information content (AvgIpc) is 2.44. The molecule has 0 rings (SSSR count). The molecule has 0 aliphatic heterocycles. The number of hydrogen-bond acceptors (Lipinski definition) is 2. The van der Waals surface area contributed by atoms with E-state index in [4.69, 9.17) is 4.74 Å². The molecule has 0 unspecified atom stereocenters. The van der Waals surface area contributed by atoms with Crippen LogP contribution in [0.15, 0.2) is 12.2 Å². The normalized spacial score (nSPS) is 11.1. The van der Waals surface area contributed by atoms with Gasteiger partial charge in [-0.15, -0.1) is 0 Å². The number of allylic oxidation sites excluding steroid dienone is 2. The van der Waals surface area contributed by atoms with E-state index in [1.165, 1.54) is 57.8 Å². The Morgan fingerprint density at radius 1 is 0.800 bits per heavy atom. The fourth-order valence-electron chi connectivity index (χ4n) is 2.23. The molecule has 0 aromatic rings. The molecule has 0 saturated carbocycles. The zero-order valence-electron chi connectivity index (χ0n) is 13.7. The third-order valence-electron chi connectivity index (χ3n) is 3.45. The van der Waals surface area contributed by atoms with E-state index in [0.717, 1.165) is 12.8 Å². The standard InChI is InChI=1S/C18H34O2/c1-3-5-6-7-8-9-10-11-12-13-14-15-16-17-18(19)20-4-2/h13-14H,3-12,15-17H2,1-2H3. The van der Waals surface area contributed by atoms with Gasteiger partial charge in [0.1, 0.15) is 0 Å². The molecule has 118 valence electrons. The van der Waals surface area contributed by atoms with Crippen molar-refractivity contribution in [2.24, 2.45) is 0 Å². The van der Waals surface area contributed by atoms with Crippen molar-refractivity contribution in [3.05, 3.63) is 12.2 Å². The Hall–Kier alpha value is -0.790. The van der Waals surface area contributed by atoms with E-state index in [1.807, 2.05) is 6.92 Å². The van der Waals surface area contributed by atoms with Crippen LogP contribution in [0.3, 0.4) is 0 Å². The van der Waals surface area contributed by atoms with Crippen molar-refractivity contribution in [1.29, 1.82) is 0 Å². The predicted molar refractivity (Wildman–Crippen MR) is 86.9 cm³/mol. The fraction of sp³-hybridized carbons (Fsp3) is 0.833. The number of carbonyl (C=O) groups excluding carboxylic acids is 1. The molecule has 0 fully saturated rings. The Kier molecular flexibility index (Phi) is 15.6. The van der Waals surface area contributed by atoms with Crippen molar-refractivity contribution < 1.29 is 9.53 Å². The molecular weight excluding hydrogens is 248 g/mol. The van der Waals surface area contributed by atoms with Crippen LogP contribution >= 0.6 is 0 Å². The smallest absolute Gasteiger partial charge is 0.305 e. The summed E-state index contributed by atoms with van der Waals surface area (Å²) in [6.45, 7) is 4.60. The summed E-state index contributed by atoms with van der Waals surface area (Å²) in [5, 5.41) is 0. The van der Waals surface area contributed by atoms with Crippen LogP contribution in [-0.2, 0) is 9.53 Å². The van der Waals surface area contributed by atoms with Crippen molar-refractivity contribution in [2.75, 3.05) is 6.61 Å². The molecule has 0 aliphatic carbocycles. The van der Waals surface area contributed by atoms with E-state index < -0.39 is 0 Å². The summed E-state index contributed by atoms with van der Waals surface area (Å²) in [7, 11) is 0. The molecule has 2 heteroatoms. The monoisotopic (exact) mass is 282 g/mol. The second-order valence-corrected chi connectivity index (χ2v) is 5.43. The van der Waals surface area contributed by atoms with Gasteiger partial charge in [-0.3, -0.25) is 4.79 Å². The molecule has 20 heavy (non-hydrogen) atoms. The third kappa shape index (κ3) is 15.3. The summed E-state index contributed by atoms with van der Waals surface area (Å²) in [6.07, 6.45) is 19.1. The van der Waals surface area contributed by atoms with Gasteiger partial charge in [-0.25, -0.2) is 0 Å².